The quantitative estimate of drug-likeness (QED) is 0.655. The molecule has 2 rings (SSSR count). The van der Waals surface area contributed by atoms with Crippen LogP contribution in [0, 0.1) is 0 Å². The molecule has 0 spiro atoms. The summed E-state index contributed by atoms with van der Waals surface area (Å²) < 4.78 is 0. The molecule has 0 fully saturated rings. The normalized spacial score (nSPS) is 20.2. The molecule has 0 atom stereocenters. The second-order valence-corrected chi connectivity index (χ2v) is 5.16. The predicted molar refractivity (Wildman–Crippen MR) is 69.8 cm³/mol. The molecule has 1 heteroatoms. The monoisotopic (exact) mass is 219 g/mol. The van der Waals surface area contributed by atoms with Crippen LogP contribution in [0.2, 0.25) is 0 Å². The Balaban J connectivity index is 1.88. The van der Waals surface area contributed by atoms with Crippen molar-refractivity contribution >= 4 is 0 Å². The minimum atomic E-state index is 1.27. The van der Waals surface area contributed by atoms with Crippen molar-refractivity contribution in [2.24, 2.45) is 0 Å². The summed E-state index contributed by atoms with van der Waals surface area (Å²) in [6, 6.07) is 2.29. The number of rotatable bonds is 0. The first-order chi connectivity index (χ1) is 7.97. The number of H-pyrrole nitrogens is 1. The fourth-order valence-electron chi connectivity index (χ4n) is 2.76. The summed E-state index contributed by atoms with van der Waals surface area (Å²) in [5, 5.41) is 0. The van der Waals surface area contributed by atoms with Crippen molar-refractivity contribution < 1.29 is 0 Å². The maximum atomic E-state index is 3.43. The molecule has 1 heterocycles. The Morgan fingerprint density at radius 2 is 1.25 bits per heavy atom. The van der Waals surface area contributed by atoms with Gasteiger partial charge in [-0.2, -0.15) is 0 Å². The van der Waals surface area contributed by atoms with Crippen molar-refractivity contribution in [3.05, 3.63) is 23.5 Å². The van der Waals surface area contributed by atoms with Crippen molar-refractivity contribution in [1.29, 1.82) is 0 Å². The fourth-order valence-corrected chi connectivity index (χ4v) is 2.76. The second kappa shape index (κ2) is 6.78. The summed E-state index contributed by atoms with van der Waals surface area (Å²) in [6.45, 7) is 0. The number of hydrogen-bond donors (Lipinski definition) is 1. The lowest BCUT2D eigenvalue weighted by Gasteiger charge is -2.03. The Morgan fingerprint density at radius 3 is 1.94 bits per heavy atom. The molecule has 1 aromatic rings. The van der Waals surface area contributed by atoms with E-state index in [0.29, 0.717) is 0 Å². The molecule has 1 aliphatic carbocycles. The summed E-state index contributed by atoms with van der Waals surface area (Å²) in [6.07, 6.45) is 17.5. The molecular formula is C15H25N. The molecule has 16 heavy (non-hydrogen) atoms. The highest BCUT2D eigenvalue weighted by molar-refractivity contribution is 5.20. The van der Waals surface area contributed by atoms with Gasteiger partial charge in [-0.25, -0.2) is 0 Å². The molecule has 0 saturated heterocycles. The first-order valence-electron chi connectivity index (χ1n) is 7.12. The van der Waals surface area contributed by atoms with Crippen LogP contribution in [0.4, 0.5) is 0 Å². The van der Waals surface area contributed by atoms with Crippen molar-refractivity contribution in [2.45, 2.75) is 70.6 Å². The summed E-state index contributed by atoms with van der Waals surface area (Å²) >= 11 is 0. The van der Waals surface area contributed by atoms with Crippen LogP contribution in [0.5, 0.6) is 0 Å². The maximum absolute atomic E-state index is 3.43. The van der Waals surface area contributed by atoms with E-state index < -0.39 is 0 Å². The van der Waals surface area contributed by atoms with Crippen LogP contribution in [-0.4, -0.2) is 4.98 Å². The van der Waals surface area contributed by atoms with E-state index in [-0.39, 0.29) is 0 Å². The Labute approximate surface area is 99.6 Å². The van der Waals surface area contributed by atoms with Gasteiger partial charge in [0, 0.05) is 11.9 Å². The highest BCUT2D eigenvalue weighted by Gasteiger charge is 2.04. The number of aryl methyl sites for hydroxylation is 2. The molecule has 90 valence electrons. The van der Waals surface area contributed by atoms with Gasteiger partial charge in [0.25, 0.3) is 0 Å². The van der Waals surface area contributed by atoms with E-state index in [0.717, 1.165) is 0 Å². The molecule has 0 radical (unpaired) electrons. The van der Waals surface area contributed by atoms with E-state index >= 15 is 0 Å². The average molecular weight is 219 g/mol. The van der Waals surface area contributed by atoms with Crippen LogP contribution < -0.4 is 0 Å². The third-order valence-corrected chi connectivity index (χ3v) is 3.80. The molecule has 0 unspecified atom stereocenters. The molecule has 0 amide bonds. The van der Waals surface area contributed by atoms with E-state index in [1.54, 1.807) is 5.56 Å². The minimum absolute atomic E-state index is 1.27. The molecule has 1 nitrogen and oxygen atoms in total. The number of aromatic nitrogens is 1. The molecule has 1 N–H and O–H groups in total. The molecule has 1 aliphatic rings. The van der Waals surface area contributed by atoms with Gasteiger partial charge in [0.2, 0.25) is 0 Å². The number of nitrogens with one attached hydrogen (secondary N) is 1. The third kappa shape index (κ3) is 3.70. The van der Waals surface area contributed by atoms with Gasteiger partial charge in [0.15, 0.2) is 0 Å². The van der Waals surface area contributed by atoms with Crippen LogP contribution >= 0.6 is 0 Å². The Bertz CT molecular complexity index is 261. The van der Waals surface area contributed by atoms with E-state index in [9.17, 15) is 0 Å². The first kappa shape index (κ1) is 11.8. The van der Waals surface area contributed by atoms with Crippen LogP contribution in [0.25, 0.3) is 0 Å². The fraction of sp³-hybridized carbons (Fsp3) is 0.733. The van der Waals surface area contributed by atoms with Crippen molar-refractivity contribution in [2.75, 3.05) is 0 Å². The lowest BCUT2D eigenvalue weighted by Crippen LogP contribution is -1.93. The van der Waals surface area contributed by atoms with Gasteiger partial charge in [0.1, 0.15) is 0 Å². The standard InChI is InChI=1S/C15H25N/c1-2-4-6-8-10-14-12-13-16-15(14)11-9-7-5-3-1/h12-13,16H,1-11H2. The zero-order valence-electron chi connectivity index (χ0n) is 10.4. The first-order valence-corrected chi connectivity index (χ1v) is 7.12. The SMILES string of the molecule is c1cc2c([nH]1)CCCCCCCCCCC2. The van der Waals surface area contributed by atoms with E-state index in [2.05, 4.69) is 17.2 Å². The van der Waals surface area contributed by atoms with Gasteiger partial charge in [-0.3, -0.25) is 0 Å². The van der Waals surface area contributed by atoms with Gasteiger partial charge in [0.05, 0.1) is 0 Å². The second-order valence-electron chi connectivity index (χ2n) is 5.16. The molecule has 0 saturated carbocycles. The Morgan fingerprint density at radius 1 is 0.688 bits per heavy atom. The predicted octanol–water partition coefficient (Wildman–Crippen LogP) is 4.62. The summed E-state index contributed by atoms with van der Waals surface area (Å²) in [4.78, 5) is 3.43. The van der Waals surface area contributed by atoms with Gasteiger partial charge in [-0.15, -0.1) is 0 Å². The van der Waals surface area contributed by atoms with Gasteiger partial charge >= 0.3 is 0 Å². The van der Waals surface area contributed by atoms with Crippen LogP contribution in [0.15, 0.2) is 12.3 Å². The average Bonchev–Trinajstić information content (AvgIpc) is 2.73. The van der Waals surface area contributed by atoms with Gasteiger partial charge in [-0.05, 0) is 37.3 Å². The van der Waals surface area contributed by atoms with Crippen molar-refractivity contribution in [3.8, 4) is 0 Å². The van der Waals surface area contributed by atoms with E-state index in [4.69, 9.17) is 0 Å². The molecular weight excluding hydrogens is 194 g/mol. The zero-order chi connectivity index (χ0) is 11.1. The number of aromatic amines is 1. The van der Waals surface area contributed by atoms with Crippen LogP contribution in [0.3, 0.4) is 0 Å². The largest absolute Gasteiger partial charge is 0.365 e. The Hall–Kier alpha value is -0.720. The highest BCUT2D eigenvalue weighted by Crippen LogP contribution is 2.17. The van der Waals surface area contributed by atoms with Gasteiger partial charge in [-0.1, -0.05) is 44.9 Å². The number of hydrogen-bond acceptors (Lipinski definition) is 0. The summed E-state index contributed by atoms with van der Waals surface area (Å²) in [5.41, 5.74) is 3.10. The summed E-state index contributed by atoms with van der Waals surface area (Å²) in [7, 11) is 0. The van der Waals surface area contributed by atoms with Crippen LogP contribution in [-0.2, 0) is 12.8 Å². The van der Waals surface area contributed by atoms with Gasteiger partial charge < -0.3 is 4.98 Å². The third-order valence-electron chi connectivity index (χ3n) is 3.80. The summed E-state index contributed by atoms with van der Waals surface area (Å²) in [5.74, 6) is 0. The molecule has 0 aliphatic heterocycles. The van der Waals surface area contributed by atoms with Crippen LogP contribution in [0.1, 0.15) is 69.0 Å². The molecule has 0 aromatic carbocycles. The van der Waals surface area contributed by atoms with Crippen molar-refractivity contribution in [3.63, 3.8) is 0 Å². The minimum Gasteiger partial charge on any atom is -0.365 e. The van der Waals surface area contributed by atoms with E-state index in [1.807, 2.05) is 0 Å². The van der Waals surface area contributed by atoms with E-state index in [1.165, 1.54) is 76.3 Å². The smallest absolute Gasteiger partial charge is 0.0179 e. The molecule has 0 bridgehead atoms. The zero-order valence-corrected chi connectivity index (χ0v) is 10.4. The lowest BCUT2D eigenvalue weighted by atomic mass is 10.0. The topological polar surface area (TPSA) is 15.8 Å². The lowest BCUT2D eigenvalue weighted by molar-refractivity contribution is 0.563. The van der Waals surface area contributed by atoms with Crippen molar-refractivity contribution in [1.82, 2.24) is 4.98 Å². The Kier molecular flexibility index (Phi) is 4.98. The number of fused-ring (bicyclic) bond motifs is 1. The highest BCUT2D eigenvalue weighted by atomic mass is 14.7. The maximum Gasteiger partial charge on any atom is 0.0179 e. The molecule has 1 aromatic heterocycles.